The molecule has 0 aliphatic heterocycles. The lowest BCUT2D eigenvalue weighted by Gasteiger charge is -2.20. The molecule has 3 heterocycles. The lowest BCUT2D eigenvalue weighted by atomic mass is 9.84. The summed E-state index contributed by atoms with van der Waals surface area (Å²) in [7, 11) is 1.80. The fourth-order valence-corrected chi connectivity index (χ4v) is 3.85. The van der Waals surface area contributed by atoms with Crippen LogP contribution in [0.1, 0.15) is 31.9 Å². The third kappa shape index (κ3) is 3.51. The highest BCUT2D eigenvalue weighted by Gasteiger charge is 2.30. The maximum Gasteiger partial charge on any atom is 0.416 e. The van der Waals surface area contributed by atoms with Gasteiger partial charge < -0.3 is 10.4 Å². The van der Waals surface area contributed by atoms with E-state index in [1.165, 1.54) is 4.57 Å². The fraction of sp³-hybridized carbons (Fsp3) is 0.217. The summed E-state index contributed by atoms with van der Waals surface area (Å²) in [5.41, 5.74) is 3.44. The number of para-hydroxylation sites is 1. The Morgan fingerprint density at radius 1 is 1.23 bits per heavy atom. The van der Waals surface area contributed by atoms with Gasteiger partial charge in [0.05, 0.1) is 28.7 Å². The van der Waals surface area contributed by atoms with Crippen LogP contribution in [0.4, 0.5) is 16.3 Å². The smallest absolute Gasteiger partial charge is 0.416 e. The molecule has 0 aliphatic carbocycles. The zero-order valence-electron chi connectivity index (χ0n) is 17.7. The number of pyridine rings is 1. The maximum absolute atomic E-state index is 12.4. The number of carboxylic acid groups (broad SMARTS) is 1. The Hall–Kier alpha value is -4.12. The van der Waals surface area contributed by atoms with Crippen molar-refractivity contribution in [2.45, 2.75) is 26.2 Å². The molecule has 1 aromatic carbocycles. The quantitative estimate of drug-likeness (QED) is 0.495. The van der Waals surface area contributed by atoms with Crippen LogP contribution < -0.4 is 5.32 Å². The zero-order valence-corrected chi connectivity index (χ0v) is 17.7. The Morgan fingerprint density at radius 2 is 1.97 bits per heavy atom. The first-order valence-corrected chi connectivity index (χ1v) is 9.74. The lowest BCUT2D eigenvalue weighted by Crippen LogP contribution is -2.15. The average Bonchev–Trinajstić information content (AvgIpc) is 3.28. The van der Waals surface area contributed by atoms with Gasteiger partial charge in [0.1, 0.15) is 11.9 Å². The molecule has 0 saturated carbocycles. The third-order valence-electron chi connectivity index (χ3n) is 5.08. The number of aromatic nitrogens is 4. The highest BCUT2D eigenvalue weighted by Crippen LogP contribution is 2.41. The molecule has 4 rings (SSSR count). The van der Waals surface area contributed by atoms with E-state index >= 15 is 0 Å². The van der Waals surface area contributed by atoms with Crippen LogP contribution in [0.3, 0.4) is 0 Å². The van der Waals surface area contributed by atoms with Crippen molar-refractivity contribution in [1.82, 2.24) is 19.3 Å². The van der Waals surface area contributed by atoms with Gasteiger partial charge in [-0.2, -0.15) is 10.4 Å². The summed E-state index contributed by atoms with van der Waals surface area (Å²) in [4.78, 5) is 16.9. The van der Waals surface area contributed by atoms with Crippen LogP contribution in [0.25, 0.3) is 22.2 Å². The summed E-state index contributed by atoms with van der Waals surface area (Å²) in [5, 5.41) is 27.6. The van der Waals surface area contributed by atoms with Gasteiger partial charge in [0.15, 0.2) is 0 Å². The lowest BCUT2D eigenvalue weighted by molar-refractivity contribution is 0.198. The predicted molar refractivity (Wildman–Crippen MR) is 118 cm³/mol. The normalized spacial score (nSPS) is 11.5. The molecule has 0 radical (unpaired) electrons. The molecule has 0 saturated heterocycles. The number of rotatable bonds is 3. The Kier molecular flexibility index (Phi) is 4.74. The SMILES string of the molecule is Cn1cc(-c2c(C(C)(C)C)c3cnc(Nc4ccccc4C#N)cc3n2C(=O)O)cn1. The molecule has 8 heteroatoms. The standard InChI is InChI=1S/C23H22N6O2/c1-23(2,3)20-16-12-25-19(27-17-8-6-5-7-14(17)10-24)9-18(16)29(22(30)31)21(20)15-11-26-28(4)13-15/h5-9,11-13H,1-4H3,(H,25,27)(H,30,31). The third-order valence-corrected chi connectivity index (χ3v) is 5.08. The van der Waals surface area contributed by atoms with E-state index in [1.54, 1.807) is 54.6 Å². The minimum absolute atomic E-state index is 0.339. The number of anilines is 2. The van der Waals surface area contributed by atoms with Crippen molar-refractivity contribution in [2.24, 2.45) is 7.05 Å². The summed E-state index contributed by atoms with van der Waals surface area (Å²) < 4.78 is 2.94. The summed E-state index contributed by atoms with van der Waals surface area (Å²) in [6.45, 7) is 6.13. The number of carbonyl (C=O) groups is 1. The van der Waals surface area contributed by atoms with E-state index < -0.39 is 6.09 Å². The van der Waals surface area contributed by atoms with Gasteiger partial charge in [-0.1, -0.05) is 32.9 Å². The van der Waals surface area contributed by atoms with Crippen LogP contribution in [-0.4, -0.2) is 30.5 Å². The van der Waals surface area contributed by atoms with E-state index in [0.29, 0.717) is 28.3 Å². The van der Waals surface area contributed by atoms with Gasteiger partial charge in [-0.3, -0.25) is 4.68 Å². The Bertz CT molecular complexity index is 1350. The van der Waals surface area contributed by atoms with Crippen LogP contribution >= 0.6 is 0 Å². The van der Waals surface area contributed by atoms with Gasteiger partial charge in [0.25, 0.3) is 0 Å². The number of fused-ring (bicyclic) bond motifs is 1. The topological polar surface area (TPSA) is 109 Å². The number of hydrogen-bond donors (Lipinski definition) is 2. The van der Waals surface area contributed by atoms with Crippen molar-refractivity contribution in [2.75, 3.05) is 5.32 Å². The van der Waals surface area contributed by atoms with Crippen molar-refractivity contribution in [1.29, 1.82) is 5.26 Å². The van der Waals surface area contributed by atoms with E-state index in [4.69, 9.17) is 0 Å². The molecule has 0 fully saturated rings. The number of nitrogens with zero attached hydrogens (tertiary/aromatic N) is 5. The van der Waals surface area contributed by atoms with Crippen LogP contribution in [0, 0.1) is 11.3 Å². The van der Waals surface area contributed by atoms with Crippen molar-refractivity contribution in [3.05, 3.63) is 60.0 Å². The second-order valence-electron chi connectivity index (χ2n) is 8.36. The van der Waals surface area contributed by atoms with Crippen LogP contribution in [0.5, 0.6) is 0 Å². The molecular formula is C23H22N6O2. The molecule has 0 spiro atoms. The molecular weight excluding hydrogens is 392 g/mol. The molecule has 0 atom stereocenters. The summed E-state index contributed by atoms with van der Waals surface area (Å²) in [5.74, 6) is 0.452. The summed E-state index contributed by atoms with van der Waals surface area (Å²) in [6.07, 6.45) is 4.07. The number of hydrogen-bond acceptors (Lipinski definition) is 5. The van der Waals surface area contributed by atoms with E-state index in [0.717, 1.165) is 16.5 Å². The number of nitriles is 1. The van der Waals surface area contributed by atoms with Gasteiger partial charge in [-0.15, -0.1) is 0 Å². The van der Waals surface area contributed by atoms with E-state index in [1.807, 2.05) is 26.8 Å². The van der Waals surface area contributed by atoms with Gasteiger partial charge in [-0.25, -0.2) is 14.3 Å². The van der Waals surface area contributed by atoms with Gasteiger partial charge in [-0.05, 0) is 23.1 Å². The second-order valence-corrected chi connectivity index (χ2v) is 8.36. The highest BCUT2D eigenvalue weighted by atomic mass is 16.4. The molecule has 3 aromatic heterocycles. The first-order chi connectivity index (χ1) is 14.7. The van der Waals surface area contributed by atoms with Gasteiger partial charge in [0, 0.05) is 36.5 Å². The van der Waals surface area contributed by atoms with Crippen molar-refractivity contribution in [3.63, 3.8) is 0 Å². The van der Waals surface area contributed by atoms with E-state index in [2.05, 4.69) is 21.5 Å². The van der Waals surface area contributed by atoms with Crippen LogP contribution in [0.2, 0.25) is 0 Å². The molecule has 4 aromatic rings. The predicted octanol–water partition coefficient (Wildman–Crippen LogP) is 4.88. The average molecular weight is 414 g/mol. The number of nitrogens with one attached hydrogen (secondary N) is 1. The Morgan fingerprint density at radius 3 is 2.58 bits per heavy atom. The number of aryl methyl sites for hydroxylation is 1. The summed E-state index contributed by atoms with van der Waals surface area (Å²) >= 11 is 0. The maximum atomic E-state index is 12.4. The van der Waals surface area contributed by atoms with Crippen molar-refractivity contribution >= 4 is 28.5 Å². The second kappa shape index (κ2) is 7.29. The Labute approximate surface area is 179 Å². The van der Waals surface area contributed by atoms with Crippen LogP contribution in [0.15, 0.2) is 48.9 Å². The van der Waals surface area contributed by atoms with Crippen molar-refractivity contribution in [3.8, 4) is 17.3 Å². The molecule has 0 bridgehead atoms. The first-order valence-electron chi connectivity index (χ1n) is 9.74. The molecule has 31 heavy (non-hydrogen) atoms. The highest BCUT2D eigenvalue weighted by molar-refractivity contribution is 6.00. The fourth-order valence-electron chi connectivity index (χ4n) is 3.85. The van der Waals surface area contributed by atoms with Gasteiger partial charge >= 0.3 is 6.09 Å². The minimum atomic E-state index is -1.09. The van der Waals surface area contributed by atoms with Crippen molar-refractivity contribution < 1.29 is 9.90 Å². The van der Waals surface area contributed by atoms with Crippen LogP contribution in [-0.2, 0) is 12.5 Å². The first kappa shape index (κ1) is 20.2. The van der Waals surface area contributed by atoms with E-state index in [9.17, 15) is 15.2 Å². The molecule has 8 nitrogen and oxygen atoms in total. The molecule has 0 aliphatic rings. The monoisotopic (exact) mass is 414 g/mol. The summed E-state index contributed by atoms with van der Waals surface area (Å²) in [6, 6.07) is 10.9. The molecule has 156 valence electrons. The molecule has 2 N–H and O–H groups in total. The van der Waals surface area contributed by atoms with E-state index in [-0.39, 0.29) is 5.41 Å². The minimum Gasteiger partial charge on any atom is -0.464 e. The molecule has 0 unspecified atom stereocenters. The largest absolute Gasteiger partial charge is 0.464 e. The zero-order chi connectivity index (χ0) is 22.3. The molecule has 0 amide bonds. The van der Waals surface area contributed by atoms with Gasteiger partial charge in [0.2, 0.25) is 0 Å². The number of benzene rings is 1. The Balaban J connectivity index is 1.98.